The Balaban J connectivity index is 1.81. The third kappa shape index (κ3) is 3.35. The molecular weight excluding hydrogens is 363 g/mol. The number of benzene rings is 2. The smallest absolute Gasteiger partial charge is 0.262 e. The molecule has 0 aliphatic rings. The fourth-order valence-corrected chi connectivity index (χ4v) is 3.97. The molecule has 7 heteroatoms. The summed E-state index contributed by atoms with van der Waals surface area (Å²) in [6.45, 7) is 2.71. The van der Waals surface area contributed by atoms with Gasteiger partial charge in [-0.1, -0.05) is 49.4 Å². The molecule has 4 rings (SSSR count). The molecule has 4 aromatic rings. The highest BCUT2D eigenvalue weighted by molar-refractivity contribution is 7.98. The Morgan fingerprint density at radius 3 is 2.63 bits per heavy atom. The van der Waals surface area contributed by atoms with E-state index < -0.39 is 0 Å². The topological polar surface area (TPSA) is 52.2 Å². The molecule has 0 aliphatic heterocycles. The largest absolute Gasteiger partial charge is 0.276 e. The van der Waals surface area contributed by atoms with Crippen molar-refractivity contribution in [2.45, 2.75) is 37.2 Å². The summed E-state index contributed by atoms with van der Waals surface area (Å²) in [5.74, 6) is 0.958. The molecule has 2 heterocycles. The number of hydrogen-bond acceptors (Lipinski definition) is 4. The van der Waals surface area contributed by atoms with Crippen molar-refractivity contribution in [3.8, 4) is 0 Å². The van der Waals surface area contributed by atoms with E-state index in [2.05, 4.69) is 17.1 Å². The van der Waals surface area contributed by atoms with Gasteiger partial charge in [0.15, 0.2) is 5.16 Å². The lowest BCUT2D eigenvalue weighted by Gasteiger charge is -2.10. The Bertz CT molecular complexity index is 1150. The minimum absolute atomic E-state index is 0.0333. The van der Waals surface area contributed by atoms with Crippen molar-refractivity contribution in [1.82, 2.24) is 19.2 Å². The normalized spacial score (nSPS) is 11.5. The number of hydrogen-bond donors (Lipinski definition) is 0. The number of fused-ring (bicyclic) bond motifs is 3. The second-order valence-corrected chi connectivity index (χ2v) is 7.30. The van der Waals surface area contributed by atoms with Crippen LogP contribution >= 0.6 is 11.8 Å². The summed E-state index contributed by atoms with van der Waals surface area (Å²) in [6.07, 6.45) is 1.89. The van der Waals surface area contributed by atoms with Crippen molar-refractivity contribution in [2.24, 2.45) is 0 Å². The van der Waals surface area contributed by atoms with E-state index in [9.17, 15) is 9.18 Å². The van der Waals surface area contributed by atoms with E-state index in [0.29, 0.717) is 23.5 Å². The van der Waals surface area contributed by atoms with Gasteiger partial charge in [0, 0.05) is 12.3 Å². The average Bonchev–Trinajstić information content (AvgIpc) is 3.11. The van der Waals surface area contributed by atoms with Crippen molar-refractivity contribution in [1.29, 1.82) is 0 Å². The van der Waals surface area contributed by atoms with Crippen molar-refractivity contribution >= 4 is 28.4 Å². The molecule has 0 atom stereocenters. The van der Waals surface area contributed by atoms with Crippen LogP contribution in [0, 0.1) is 5.82 Å². The van der Waals surface area contributed by atoms with E-state index in [-0.39, 0.29) is 11.4 Å². The molecular formula is C20H19FN4OS. The fraction of sp³-hybridized carbons (Fsp3) is 0.250. The highest BCUT2D eigenvalue weighted by Crippen LogP contribution is 2.24. The monoisotopic (exact) mass is 382 g/mol. The van der Waals surface area contributed by atoms with Gasteiger partial charge in [-0.15, -0.1) is 10.2 Å². The second-order valence-electron chi connectivity index (χ2n) is 6.36. The number of thioether (sulfide) groups is 1. The second kappa shape index (κ2) is 7.52. The van der Waals surface area contributed by atoms with E-state index in [1.807, 2.05) is 28.7 Å². The molecule has 0 bridgehead atoms. The van der Waals surface area contributed by atoms with Crippen LogP contribution in [0.15, 0.2) is 58.5 Å². The molecule has 0 radical (unpaired) electrons. The van der Waals surface area contributed by atoms with Crippen molar-refractivity contribution in [3.63, 3.8) is 0 Å². The van der Waals surface area contributed by atoms with Gasteiger partial charge in [-0.25, -0.2) is 4.39 Å². The van der Waals surface area contributed by atoms with Gasteiger partial charge >= 0.3 is 0 Å². The van der Waals surface area contributed by atoms with Crippen LogP contribution in [0.3, 0.4) is 0 Å². The van der Waals surface area contributed by atoms with Crippen LogP contribution in [-0.4, -0.2) is 19.2 Å². The van der Waals surface area contributed by atoms with Crippen LogP contribution in [0.4, 0.5) is 4.39 Å². The van der Waals surface area contributed by atoms with Crippen LogP contribution in [-0.2, 0) is 12.3 Å². The standard InChI is InChI=1S/C20H19FN4OS/c1-2-3-12-24-18(26)16-6-4-5-7-17(16)25-19(24)22-23-20(25)27-13-14-8-10-15(21)11-9-14/h4-11H,2-3,12-13H2,1H3. The van der Waals surface area contributed by atoms with Gasteiger partial charge in [0.1, 0.15) is 5.82 Å². The molecule has 0 spiro atoms. The number of rotatable bonds is 6. The predicted molar refractivity (Wildman–Crippen MR) is 106 cm³/mol. The number of aromatic nitrogens is 4. The van der Waals surface area contributed by atoms with Gasteiger partial charge in [0.05, 0.1) is 10.9 Å². The van der Waals surface area contributed by atoms with E-state index in [1.165, 1.54) is 23.9 Å². The number of para-hydroxylation sites is 1. The SMILES string of the molecule is CCCCn1c(=O)c2ccccc2n2c(SCc3ccc(F)cc3)nnc12. The van der Waals surface area contributed by atoms with E-state index >= 15 is 0 Å². The predicted octanol–water partition coefficient (Wildman–Crippen LogP) is 4.28. The Kier molecular flexibility index (Phi) is 4.94. The van der Waals surface area contributed by atoms with Crippen molar-refractivity contribution < 1.29 is 4.39 Å². The van der Waals surface area contributed by atoms with Gasteiger partial charge in [-0.05, 0) is 36.2 Å². The molecule has 138 valence electrons. The fourth-order valence-electron chi connectivity index (χ4n) is 3.07. The van der Waals surface area contributed by atoms with Gasteiger partial charge in [-0.3, -0.25) is 13.8 Å². The number of aryl methyl sites for hydroxylation is 1. The highest BCUT2D eigenvalue weighted by Gasteiger charge is 2.16. The quantitative estimate of drug-likeness (QED) is 0.467. The zero-order valence-electron chi connectivity index (χ0n) is 14.9. The van der Waals surface area contributed by atoms with E-state index in [4.69, 9.17) is 0 Å². The summed E-state index contributed by atoms with van der Waals surface area (Å²) in [4.78, 5) is 12.9. The Labute approximate surface area is 159 Å². The molecule has 0 fully saturated rings. The van der Waals surface area contributed by atoms with Crippen LogP contribution in [0.25, 0.3) is 16.7 Å². The first-order valence-electron chi connectivity index (χ1n) is 8.93. The van der Waals surface area contributed by atoms with Crippen LogP contribution < -0.4 is 5.56 Å². The number of unbranched alkanes of at least 4 members (excludes halogenated alkanes) is 1. The van der Waals surface area contributed by atoms with Crippen LogP contribution in [0.1, 0.15) is 25.3 Å². The molecule has 27 heavy (non-hydrogen) atoms. The summed E-state index contributed by atoms with van der Waals surface area (Å²) >= 11 is 1.52. The number of nitrogens with zero attached hydrogens (tertiary/aromatic N) is 4. The highest BCUT2D eigenvalue weighted by atomic mass is 32.2. The third-order valence-corrected chi connectivity index (χ3v) is 5.49. The third-order valence-electron chi connectivity index (χ3n) is 4.49. The first-order chi connectivity index (χ1) is 13.2. The molecule has 5 nitrogen and oxygen atoms in total. The Morgan fingerprint density at radius 2 is 1.85 bits per heavy atom. The molecule has 0 aliphatic carbocycles. The maximum absolute atomic E-state index is 13.1. The van der Waals surface area contributed by atoms with Gasteiger partial charge < -0.3 is 0 Å². The molecule has 2 aromatic heterocycles. The summed E-state index contributed by atoms with van der Waals surface area (Å²) in [5.41, 5.74) is 1.77. The van der Waals surface area contributed by atoms with Crippen LogP contribution in [0.2, 0.25) is 0 Å². The lowest BCUT2D eigenvalue weighted by atomic mass is 10.2. The number of halogens is 1. The first-order valence-corrected chi connectivity index (χ1v) is 9.91. The van der Waals surface area contributed by atoms with Gasteiger partial charge in [0.25, 0.3) is 5.56 Å². The summed E-state index contributed by atoms with van der Waals surface area (Å²) in [6, 6.07) is 14.0. The summed E-state index contributed by atoms with van der Waals surface area (Å²) in [7, 11) is 0. The molecule has 0 N–H and O–H groups in total. The first kappa shape index (κ1) is 17.7. The summed E-state index contributed by atoms with van der Waals surface area (Å²) < 4.78 is 16.8. The molecule has 0 unspecified atom stereocenters. The average molecular weight is 382 g/mol. The minimum atomic E-state index is -0.248. The zero-order chi connectivity index (χ0) is 18.8. The van der Waals surface area contributed by atoms with Gasteiger partial charge in [0.2, 0.25) is 5.78 Å². The van der Waals surface area contributed by atoms with Crippen LogP contribution in [0.5, 0.6) is 0 Å². The van der Waals surface area contributed by atoms with E-state index in [1.54, 1.807) is 16.7 Å². The maximum atomic E-state index is 13.1. The van der Waals surface area contributed by atoms with E-state index in [0.717, 1.165) is 29.1 Å². The lowest BCUT2D eigenvalue weighted by molar-refractivity contribution is 0.620. The minimum Gasteiger partial charge on any atom is -0.276 e. The summed E-state index contributed by atoms with van der Waals surface area (Å²) in [5, 5.41) is 10.0. The van der Waals surface area contributed by atoms with Crippen molar-refractivity contribution in [2.75, 3.05) is 0 Å². The Hall–Kier alpha value is -2.67. The molecule has 2 aromatic carbocycles. The van der Waals surface area contributed by atoms with Crippen molar-refractivity contribution in [3.05, 3.63) is 70.3 Å². The molecule has 0 amide bonds. The molecule has 0 saturated carbocycles. The maximum Gasteiger partial charge on any atom is 0.262 e. The zero-order valence-corrected chi connectivity index (χ0v) is 15.7. The van der Waals surface area contributed by atoms with Gasteiger partial charge in [-0.2, -0.15) is 0 Å². The lowest BCUT2D eigenvalue weighted by Crippen LogP contribution is -2.23. The molecule has 0 saturated heterocycles. The Morgan fingerprint density at radius 1 is 1.07 bits per heavy atom.